The lowest BCUT2D eigenvalue weighted by atomic mass is 9.71. The quantitative estimate of drug-likeness (QED) is 0.452. The molecule has 1 heterocycles. The van der Waals surface area contributed by atoms with Gasteiger partial charge in [-0.05, 0) is 30.9 Å². The predicted molar refractivity (Wildman–Crippen MR) is 108 cm³/mol. The number of hydrogen-bond donors (Lipinski definition) is 2. The Balaban J connectivity index is 1.78. The number of nitrogens with one attached hydrogen (secondary N) is 1. The zero-order chi connectivity index (χ0) is 21.3. The van der Waals surface area contributed by atoms with Crippen molar-refractivity contribution in [3.8, 4) is 22.4 Å². The summed E-state index contributed by atoms with van der Waals surface area (Å²) in [6.45, 7) is 0. The fourth-order valence-electron chi connectivity index (χ4n) is 3.84. The van der Waals surface area contributed by atoms with Gasteiger partial charge >= 0.3 is 6.09 Å². The molecular formula is C22H18FN3O4. The van der Waals surface area contributed by atoms with E-state index in [4.69, 9.17) is 5.11 Å². The maximum Gasteiger partial charge on any atom is 0.405 e. The summed E-state index contributed by atoms with van der Waals surface area (Å²) in [5, 5.41) is 23.0. The highest BCUT2D eigenvalue weighted by atomic mass is 19.1. The number of amides is 1. The highest BCUT2D eigenvalue weighted by Gasteiger charge is 2.40. The van der Waals surface area contributed by atoms with E-state index in [1.807, 2.05) is 12.1 Å². The number of carbonyl (C=O) groups is 1. The largest absolute Gasteiger partial charge is 0.465 e. The predicted octanol–water partition coefficient (Wildman–Crippen LogP) is 5.11. The van der Waals surface area contributed by atoms with Crippen LogP contribution in [-0.2, 0) is 5.54 Å². The van der Waals surface area contributed by atoms with Crippen molar-refractivity contribution in [1.82, 2.24) is 10.3 Å². The molecular weight excluding hydrogens is 389 g/mol. The zero-order valence-electron chi connectivity index (χ0n) is 15.8. The van der Waals surface area contributed by atoms with Gasteiger partial charge in [-0.25, -0.2) is 14.2 Å². The second kappa shape index (κ2) is 7.55. The number of nitro groups is 1. The van der Waals surface area contributed by atoms with Crippen molar-refractivity contribution in [2.75, 3.05) is 0 Å². The molecule has 0 aliphatic heterocycles. The van der Waals surface area contributed by atoms with Gasteiger partial charge in [-0.15, -0.1) is 0 Å². The maximum atomic E-state index is 14.4. The summed E-state index contributed by atoms with van der Waals surface area (Å²) in [5.74, 6) is -0.503. The smallest absolute Gasteiger partial charge is 0.405 e. The number of pyridine rings is 1. The van der Waals surface area contributed by atoms with Crippen molar-refractivity contribution in [2.24, 2.45) is 0 Å². The molecule has 2 aromatic carbocycles. The average Bonchev–Trinajstić information content (AvgIpc) is 2.71. The molecule has 0 spiro atoms. The van der Waals surface area contributed by atoms with Gasteiger partial charge in [0.05, 0.1) is 16.2 Å². The first kappa shape index (κ1) is 19.5. The molecule has 0 radical (unpaired) electrons. The molecule has 0 bridgehead atoms. The Morgan fingerprint density at radius 3 is 2.40 bits per heavy atom. The van der Waals surface area contributed by atoms with Crippen molar-refractivity contribution in [3.63, 3.8) is 0 Å². The van der Waals surface area contributed by atoms with Crippen LogP contribution in [0.15, 0.2) is 60.8 Å². The lowest BCUT2D eigenvalue weighted by Crippen LogP contribution is -2.50. The van der Waals surface area contributed by atoms with Gasteiger partial charge in [0, 0.05) is 22.8 Å². The lowest BCUT2D eigenvalue weighted by molar-refractivity contribution is -0.385. The minimum absolute atomic E-state index is 0.218. The molecule has 152 valence electrons. The molecule has 1 aromatic heterocycles. The van der Waals surface area contributed by atoms with Gasteiger partial charge in [0.1, 0.15) is 12.0 Å². The first-order valence-electron chi connectivity index (χ1n) is 9.41. The van der Waals surface area contributed by atoms with Crippen LogP contribution >= 0.6 is 0 Å². The van der Waals surface area contributed by atoms with E-state index in [1.54, 1.807) is 30.3 Å². The minimum atomic E-state index is -1.07. The summed E-state index contributed by atoms with van der Waals surface area (Å²) in [6.07, 6.45) is 2.44. The Bertz CT molecular complexity index is 1130. The van der Waals surface area contributed by atoms with Gasteiger partial charge in [-0.3, -0.25) is 10.1 Å². The minimum Gasteiger partial charge on any atom is -0.465 e. The van der Waals surface area contributed by atoms with E-state index < -0.39 is 22.4 Å². The highest BCUT2D eigenvalue weighted by molar-refractivity contribution is 5.82. The molecule has 1 amide bonds. The molecule has 30 heavy (non-hydrogen) atoms. The monoisotopic (exact) mass is 407 g/mol. The van der Waals surface area contributed by atoms with E-state index in [9.17, 15) is 19.3 Å². The Morgan fingerprint density at radius 2 is 1.83 bits per heavy atom. The third-order valence-electron chi connectivity index (χ3n) is 5.51. The van der Waals surface area contributed by atoms with Crippen LogP contribution in [0.2, 0.25) is 0 Å². The van der Waals surface area contributed by atoms with Crippen LogP contribution in [0.3, 0.4) is 0 Å². The summed E-state index contributed by atoms with van der Waals surface area (Å²) in [4.78, 5) is 26.1. The summed E-state index contributed by atoms with van der Waals surface area (Å²) < 4.78 is 14.4. The molecule has 4 rings (SSSR count). The van der Waals surface area contributed by atoms with Crippen molar-refractivity contribution in [2.45, 2.75) is 24.8 Å². The summed E-state index contributed by atoms with van der Waals surface area (Å²) in [7, 11) is 0. The third-order valence-corrected chi connectivity index (χ3v) is 5.51. The Morgan fingerprint density at radius 1 is 1.13 bits per heavy atom. The molecule has 1 aliphatic rings. The van der Waals surface area contributed by atoms with Crippen LogP contribution in [0.4, 0.5) is 14.9 Å². The van der Waals surface area contributed by atoms with Crippen LogP contribution in [0.25, 0.3) is 22.4 Å². The average molecular weight is 407 g/mol. The molecule has 0 saturated heterocycles. The van der Waals surface area contributed by atoms with Crippen molar-refractivity contribution in [1.29, 1.82) is 0 Å². The van der Waals surface area contributed by atoms with Crippen LogP contribution < -0.4 is 5.32 Å². The fraction of sp³-hybridized carbons (Fsp3) is 0.182. The van der Waals surface area contributed by atoms with Gasteiger partial charge in [0.25, 0.3) is 5.69 Å². The number of carboxylic acid groups (broad SMARTS) is 1. The number of aromatic nitrogens is 1. The molecule has 1 fully saturated rings. The topological polar surface area (TPSA) is 105 Å². The summed E-state index contributed by atoms with van der Waals surface area (Å²) in [5.41, 5.74) is 1.61. The van der Waals surface area contributed by atoms with Crippen molar-refractivity contribution < 1.29 is 19.2 Å². The molecule has 7 nitrogen and oxygen atoms in total. The van der Waals surface area contributed by atoms with E-state index in [1.165, 1.54) is 12.1 Å². The molecule has 0 unspecified atom stereocenters. The summed E-state index contributed by atoms with van der Waals surface area (Å²) >= 11 is 0. The highest BCUT2D eigenvalue weighted by Crippen LogP contribution is 2.42. The molecule has 2 N–H and O–H groups in total. The van der Waals surface area contributed by atoms with Gasteiger partial charge in [-0.2, -0.15) is 0 Å². The second-order valence-corrected chi connectivity index (χ2v) is 7.27. The standard InChI is InChI=1S/C22H18FN3O4/c23-19-5-2-1-4-17(19)18-12-16(26(29)30)13-24-20(18)14-6-8-15(9-7-14)22(10-3-11-22)25-21(27)28/h1-2,4-9,12-13,25H,3,10-11H2,(H,27,28). The molecule has 0 atom stereocenters. The first-order chi connectivity index (χ1) is 14.4. The van der Waals surface area contributed by atoms with E-state index in [0.717, 1.165) is 31.0 Å². The SMILES string of the molecule is O=C(O)NC1(c2ccc(-c3ncc([N+](=O)[O-])cc3-c3ccccc3F)cc2)CCC1. The number of nitrogens with zero attached hydrogens (tertiary/aromatic N) is 2. The Labute approximate surface area is 171 Å². The van der Waals surface area contributed by atoms with Gasteiger partial charge in [0.2, 0.25) is 0 Å². The van der Waals surface area contributed by atoms with Gasteiger partial charge in [0.15, 0.2) is 0 Å². The number of hydrogen-bond acceptors (Lipinski definition) is 4. The molecule has 1 aliphatic carbocycles. The van der Waals surface area contributed by atoms with Crippen LogP contribution in [-0.4, -0.2) is 21.1 Å². The summed E-state index contributed by atoms with van der Waals surface area (Å²) in [6, 6.07) is 14.5. The second-order valence-electron chi connectivity index (χ2n) is 7.27. The fourth-order valence-corrected chi connectivity index (χ4v) is 3.84. The zero-order valence-corrected chi connectivity index (χ0v) is 15.8. The van der Waals surface area contributed by atoms with Crippen molar-refractivity contribution >= 4 is 11.8 Å². The molecule has 1 saturated carbocycles. The Kier molecular flexibility index (Phi) is 4.91. The third kappa shape index (κ3) is 3.47. The van der Waals surface area contributed by atoms with Crippen LogP contribution in [0, 0.1) is 15.9 Å². The van der Waals surface area contributed by atoms with E-state index in [-0.39, 0.29) is 11.3 Å². The van der Waals surface area contributed by atoms with E-state index in [0.29, 0.717) is 16.8 Å². The Hall–Kier alpha value is -3.81. The first-order valence-corrected chi connectivity index (χ1v) is 9.41. The van der Waals surface area contributed by atoms with Gasteiger partial charge < -0.3 is 10.4 Å². The van der Waals surface area contributed by atoms with Crippen LogP contribution in [0.5, 0.6) is 0 Å². The lowest BCUT2D eigenvalue weighted by Gasteiger charge is -2.42. The number of benzene rings is 2. The molecule has 8 heteroatoms. The number of rotatable bonds is 5. The normalized spacial score (nSPS) is 14.6. The maximum absolute atomic E-state index is 14.4. The molecule has 3 aromatic rings. The van der Waals surface area contributed by atoms with Gasteiger partial charge in [-0.1, -0.05) is 42.5 Å². The van der Waals surface area contributed by atoms with E-state index >= 15 is 0 Å². The number of halogens is 1. The van der Waals surface area contributed by atoms with Crippen LogP contribution in [0.1, 0.15) is 24.8 Å². The van der Waals surface area contributed by atoms with E-state index in [2.05, 4.69) is 10.3 Å². The van der Waals surface area contributed by atoms with Crippen molar-refractivity contribution in [3.05, 3.63) is 82.3 Å².